The standard InChI is InChI=1S/C17H30N2O3Si/c1-23(2,3)11-10-20-14-19-13-16(12-18-19)15-4-6-17(7-5-15)8-9-21-22-17/h12-13,15H,4-11,14H2,1-3H3. The molecular formula is C17H30N2O3Si. The zero-order chi connectivity index (χ0) is 16.3. The van der Waals surface area contributed by atoms with Crippen LogP contribution in [0.25, 0.3) is 0 Å². The summed E-state index contributed by atoms with van der Waals surface area (Å²) >= 11 is 0. The Balaban J connectivity index is 1.44. The van der Waals surface area contributed by atoms with Gasteiger partial charge >= 0.3 is 0 Å². The van der Waals surface area contributed by atoms with E-state index < -0.39 is 8.07 Å². The molecule has 2 fully saturated rings. The maximum atomic E-state index is 5.77. The summed E-state index contributed by atoms with van der Waals surface area (Å²) in [7, 11) is -1.01. The van der Waals surface area contributed by atoms with Crippen molar-refractivity contribution in [3.63, 3.8) is 0 Å². The lowest BCUT2D eigenvalue weighted by atomic mass is 9.76. The molecule has 1 aromatic rings. The normalized spacial score (nSPS) is 28.6. The van der Waals surface area contributed by atoms with Gasteiger partial charge in [-0.1, -0.05) is 19.6 Å². The van der Waals surface area contributed by atoms with Crippen molar-refractivity contribution in [2.45, 2.75) is 76.0 Å². The Hall–Kier alpha value is -0.693. The molecule has 1 spiro atoms. The Kier molecular flexibility index (Phi) is 5.25. The fourth-order valence-electron chi connectivity index (χ4n) is 3.44. The molecule has 1 aliphatic carbocycles. The molecule has 0 amide bonds. The maximum Gasteiger partial charge on any atom is 0.139 e. The molecule has 23 heavy (non-hydrogen) atoms. The van der Waals surface area contributed by atoms with E-state index in [0.29, 0.717) is 12.6 Å². The van der Waals surface area contributed by atoms with Crippen LogP contribution in [0.4, 0.5) is 0 Å². The van der Waals surface area contributed by atoms with Crippen molar-refractivity contribution in [2.24, 2.45) is 0 Å². The van der Waals surface area contributed by atoms with Gasteiger partial charge in [-0.2, -0.15) is 5.10 Å². The number of ether oxygens (including phenoxy) is 1. The molecule has 5 nitrogen and oxygen atoms in total. The van der Waals surface area contributed by atoms with Gasteiger partial charge in [0.15, 0.2) is 0 Å². The third-order valence-electron chi connectivity index (χ3n) is 5.12. The molecule has 1 aliphatic heterocycles. The van der Waals surface area contributed by atoms with E-state index >= 15 is 0 Å². The Bertz CT molecular complexity index is 496. The largest absolute Gasteiger partial charge is 0.360 e. The maximum absolute atomic E-state index is 5.77. The summed E-state index contributed by atoms with van der Waals surface area (Å²) in [5.74, 6) is 0.598. The molecular weight excluding hydrogens is 308 g/mol. The van der Waals surface area contributed by atoms with E-state index in [1.807, 2.05) is 10.9 Å². The van der Waals surface area contributed by atoms with Crippen molar-refractivity contribution in [2.75, 3.05) is 13.2 Å². The first-order chi connectivity index (χ1) is 11.0. The van der Waals surface area contributed by atoms with E-state index in [0.717, 1.165) is 45.3 Å². The lowest BCUT2D eigenvalue weighted by molar-refractivity contribution is -0.314. The van der Waals surface area contributed by atoms with E-state index in [1.165, 1.54) is 11.6 Å². The van der Waals surface area contributed by atoms with Gasteiger partial charge in [0.25, 0.3) is 0 Å². The third-order valence-corrected chi connectivity index (χ3v) is 6.82. The molecule has 2 aliphatic rings. The number of aromatic nitrogens is 2. The second-order valence-corrected chi connectivity index (χ2v) is 13.9. The minimum Gasteiger partial charge on any atom is -0.360 e. The van der Waals surface area contributed by atoms with Gasteiger partial charge in [0, 0.05) is 27.3 Å². The molecule has 0 bridgehead atoms. The van der Waals surface area contributed by atoms with Gasteiger partial charge in [0.1, 0.15) is 12.3 Å². The molecule has 6 heteroatoms. The highest BCUT2D eigenvalue weighted by molar-refractivity contribution is 6.76. The third kappa shape index (κ3) is 4.65. The van der Waals surface area contributed by atoms with E-state index in [1.54, 1.807) is 0 Å². The Morgan fingerprint density at radius 1 is 1.30 bits per heavy atom. The summed E-state index contributed by atoms with van der Waals surface area (Å²) in [6.07, 6.45) is 9.71. The first-order valence-electron chi connectivity index (χ1n) is 8.87. The van der Waals surface area contributed by atoms with Gasteiger partial charge in [-0.05, 0) is 43.2 Å². The van der Waals surface area contributed by atoms with Crippen molar-refractivity contribution in [3.05, 3.63) is 18.0 Å². The summed E-state index contributed by atoms with van der Waals surface area (Å²) in [6, 6.07) is 1.20. The molecule has 1 saturated carbocycles. The van der Waals surface area contributed by atoms with Crippen LogP contribution in [0.3, 0.4) is 0 Å². The first kappa shape index (κ1) is 17.1. The molecule has 0 atom stereocenters. The summed E-state index contributed by atoms with van der Waals surface area (Å²) < 4.78 is 7.70. The molecule has 0 radical (unpaired) electrons. The van der Waals surface area contributed by atoms with Crippen molar-refractivity contribution < 1.29 is 14.5 Å². The molecule has 1 saturated heterocycles. The van der Waals surface area contributed by atoms with E-state index in [4.69, 9.17) is 14.5 Å². The van der Waals surface area contributed by atoms with Crippen LogP contribution < -0.4 is 0 Å². The minimum absolute atomic E-state index is 0.00640. The van der Waals surface area contributed by atoms with Crippen LogP contribution >= 0.6 is 0 Å². The SMILES string of the molecule is C[Si](C)(C)CCOCn1cc(C2CCC3(CCOO3)CC2)cn1. The zero-order valence-corrected chi connectivity index (χ0v) is 15.7. The van der Waals surface area contributed by atoms with Gasteiger partial charge < -0.3 is 4.74 Å². The molecule has 0 aromatic carbocycles. The van der Waals surface area contributed by atoms with Gasteiger partial charge in [-0.15, -0.1) is 0 Å². The number of hydrogen-bond donors (Lipinski definition) is 0. The molecule has 2 heterocycles. The van der Waals surface area contributed by atoms with Crippen LogP contribution in [0.15, 0.2) is 12.4 Å². The van der Waals surface area contributed by atoms with Crippen LogP contribution in [0.1, 0.15) is 43.6 Å². The summed E-state index contributed by atoms with van der Waals surface area (Å²) in [4.78, 5) is 10.7. The van der Waals surface area contributed by atoms with Crippen LogP contribution in [0.2, 0.25) is 25.7 Å². The quantitative estimate of drug-likeness (QED) is 0.448. The van der Waals surface area contributed by atoms with Gasteiger partial charge in [-0.3, -0.25) is 0 Å². The molecule has 0 N–H and O–H groups in total. The lowest BCUT2D eigenvalue weighted by Crippen LogP contribution is -2.32. The Labute approximate surface area is 140 Å². The van der Waals surface area contributed by atoms with Crippen LogP contribution in [0.5, 0.6) is 0 Å². The first-order valence-corrected chi connectivity index (χ1v) is 12.6. The number of hydrogen-bond acceptors (Lipinski definition) is 4. The average molecular weight is 339 g/mol. The van der Waals surface area contributed by atoms with Crippen LogP contribution in [0, 0.1) is 0 Å². The Morgan fingerprint density at radius 3 is 2.74 bits per heavy atom. The second-order valence-electron chi connectivity index (χ2n) is 8.27. The fourth-order valence-corrected chi connectivity index (χ4v) is 4.20. The number of nitrogens with zero attached hydrogens (tertiary/aromatic N) is 2. The number of rotatable bonds is 6. The molecule has 130 valence electrons. The van der Waals surface area contributed by atoms with Crippen LogP contribution in [-0.4, -0.2) is 36.7 Å². The predicted molar refractivity (Wildman–Crippen MR) is 91.9 cm³/mol. The average Bonchev–Trinajstić information content (AvgIpc) is 3.14. The topological polar surface area (TPSA) is 45.5 Å². The lowest BCUT2D eigenvalue weighted by Gasteiger charge is -2.34. The highest BCUT2D eigenvalue weighted by Gasteiger charge is 2.41. The van der Waals surface area contributed by atoms with E-state index in [-0.39, 0.29) is 5.60 Å². The summed E-state index contributed by atoms with van der Waals surface area (Å²) in [5, 5.41) is 4.46. The highest BCUT2D eigenvalue weighted by atomic mass is 28.3. The molecule has 0 unspecified atom stereocenters. The highest BCUT2D eigenvalue weighted by Crippen LogP contribution is 2.43. The summed E-state index contributed by atoms with van der Waals surface area (Å²) in [6.45, 7) is 9.27. The zero-order valence-electron chi connectivity index (χ0n) is 14.7. The molecule has 3 rings (SSSR count). The second kappa shape index (κ2) is 7.05. The minimum atomic E-state index is -1.01. The van der Waals surface area contributed by atoms with Gasteiger partial charge in [0.05, 0.1) is 12.8 Å². The summed E-state index contributed by atoms with van der Waals surface area (Å²) in [5.41, 5.74) is 1.35. The van der Waals surface area contributed by atoms with Gasteiger partial charge in [-0.25, -0.2) is 14.5 Å². The van der Waals surface area contributed by atoms with E-state index in [2.05, 4.69) is 30.9 Å². The van der Waals surface area contributed by atoms with Gasteiger partial charge in [0.2, 0.25) is 0 Å². The van der Waals surface area contributed by atoms with Crippen molar-refractivity contribution >= 4 is 8.07 Å². The smallest absolute Gasteiger partial charge is 0.139 e. The fraction of sp³-hybridized carbons (Fsp3) is 0.824. The van der Waals surface area contributed by atoms with Crippen LogP contribution in [-0.2, 0) is 21.2 Å². The monoisotopic (exact) mass is 338 g/mol. The van der Waals surface area contributed by atoms with Crippen molar-refractivity contribution in [1.82, 2.24) is 9.78 Å². The Morgan fingerprint density at radius 2 is 2.09 bits per heavy atom. The predicted octanol–water partition coefficient (Wildman–Crippen LogP) is 3.94. The molecule has 1 aromatic heterocycles. The van der Waals surface area contributed by atoms with Crippen molar-refractivity contribution in [3.8, 4) is 0 Å². The van der Waals surface area contributed by atoms with Crippen molar-refractivity contribution in [1.29, 1.82) is 0 Å². The van der Waals surface area contributed by atoms with E-state index in [9.17, 15) is 0 Å².